The lowest BCUT2D eigenvalue weighted by atomic mass is 10.0. The van der Waals surface area contributed by atoms with Gasteiger partial charge in [-0.05, 0) is 18.9 Å². The van der Waals surface area contributed by atoms with E-state index >= 15 is 0 Å². The lowest BCUT2D eigenvalue weighted by molar-refractivity contribution is -0.159. The van der Waals surface area contributed by atoms with Crippen LogP contribution in [-0.4, -0.2) is 31.1 Å². The molecule has 1 fully saturated rings. The van der Waals surface area contributed by atoms with E-state index in [0.717, 1.165) is 25.3 Å². The Morgan fingerprint density at radius 1 is 1.32 bits per heavy atom. The highest BCUT2D eigenvalue weighted by atomic mass is 19.3. The summed E-state index contributed by atoms with van der Waals surface area (Å²) < 4.78 is 30.3. The molecule has 1 aliphatic rings. The van der Waals surface area contributed by atoms with Gasteiger partial charge in [0.15, 0.2) is 0 Å². The van der Waals surface area contributed by atoms with Crippen LogP contribution >= 0.6 is 0 Å². The van der Waals surface area contributed by atoms with Crippen LogP contribution in [0.4, 0.5) is 8.78 Å². The zero-order valence-electron chi connectivity index (χ0n) is 11.9. The van der Waals surface area contributed by atoms with Crippen LogP contribution in [0.5, 0.6) is 0 Å². The first-order valence-electron chi connectivity index (χ1n) is 7.21. The van der Waals surface area contributed by atoms with Gasteiger partial charge in [0.2, 0.25) is 0 Å². The molecular formula is C14H25F2NO2. The fourth-order valence-electron chi connectivity index (χ4n) is 2.18. The van der Waals surface area contributed by atoms with Crippen LogP contribution in [-0.2, 0) is 9.53 Å². The number of carbonyl (C=O) groups is 1. The molecule has 3 nitrogen and oxygen atoms in total. The molecule has 112 valence electrons. The van der Waals surface area contributed by atoms with E-state index in [9.17, 15) is 13.6 Å². The van der Waals surface area contributed by atoms with Crippen molar-refractivity contribution in [1.29, 1.82) is 0 Å². The summed E-state index contributed by atoms with van der Waals surface area (Å²) >= 11 is 0. The number of carbonyl (C=O) groups excluding carboxylic acids is 1. The average Bonchev–Trinajstić information content (AvgIpc) is 2.56. The van der Waals surface area contributed by atoms with Crippen molar-refractivity contribution in [2.45, 2.75) is 64.4 Å². The van der Waals surface area contributed by atoms with E-state index in [4.69, 9.17) is 0 Å². The smallest absolute Gasteiger partial charge is 0.377 e. The van der Waals surface area contributed by atoms with Gasteiger partial charge in [-0.25, -0.2) is 4.79 Å². The van der Waals surface area contributed by atoms with Crippen LogP contribution in [0, 0.1) is 5.92 Å². The first-order chi connectivity index (χ1) is 8.92. The summed E-state index contributed by atoms with van der Waals surface area (Å²) in [6.45, 7) is 5.56. The fraction of sp³-hybridized carbons (Fsp3) is 0.929. The number of rotatable bonds is 9. The number of hydrogen-bond donors (Lipinski definition) is 1. The van der Waals surface area contributed by atoms with Gasteiger partial charge in [0.1, 0.15) is 6.10 Å². The summed E-state index contributed by atoms with van der Waals surface area (Å²) in [6.07, 6.45) is 4.76. The summed E-state index contributed by atoms with van der Waals surface area (Å²) in [5, 5.41) is 3.07. The summed E-state index contributed by atoms with van der Waals surface area (Å²) in [4.78, 5) is 10.8. The topological polar surface area (TPSA) is 38.3 Å². The van der Waals surface area contributed by atoms with Gasteiger partial charge in [0.25, 0.3) is 0 Å². The van der Waals surface area contributed by atoms with Crippen LogP contribution in [0.2, 0.25) is 0 Å². The molecule has 1 heterocycles. The van der Waals surface area contributed by atoms with Crippen LogP contribution in [0.15, 0.2) is 0 Å². The van der Waals surface area contributed by atoms with E-state index in [1.165, 1.54) is 19.3 Å². The number of cyclic esters (lactones) is 1. The zero-order chi connectivity index (χ0) is 14.3. The largest absolute Gasteiger partial charge is 0.456 e. The minimum Gasteiger partial charge on any atom is -0.456 e. The van der Waals surface area contributed by atoms with E-state index in [-0.39, 0.29) is 0 Å². The van der Waals surface area contributed by atoms with Crippen molar-refractivity contribution >= 4 is 5.97 Å². The monoisotopic (exact) mass is 277 g/mol. The summed E-state index contributed by atoms with van der Waals surface area (Å²) in [5.74, 6) is -3.91. The van der Waals surface area contributed by atoms with E-state index in [1.807, 2.05) is 0 Å². The number of alkyl halides is 2. The van der Waals surface area contributed by atoms with Crippen LogP contribution in [0.3, 0.4) is 0 Å². The second-order valence-corrected chi connectivity index (χ2v) is 5.74. The van der Waals surface area contributed by atoms with Crippen molar-refractivity contribution in [2.24, 2.45) is 5.92 Å². The highest BCUT2D eigenvalue weighted by molar-refractivity contribution is 5.79. The maximum absolute atomic E-state index is 12.9. The van der Waals surface area contributed by atoms with Crippen molar-refractivity contribution in [1.82, 2.24) is 5.32 Å². The molecule has 0 radical (unpaired) electrons. The van der Waals surface area contributed by atoms with Gasteiger partial charge in [-0.3, -0.25) is 0 Å². The predicted octanol–water partition coefficient (Wildman–Crippen LogP) is 3.13. The molecule has 1 rings (SSSR count). The van der Waals surface area contributed by atoms with E-state index < -0.39 is 24.4 Å². The number of hydrogen-bond acceptors (Lipinski definition) is 3. The Morgan fingerprint density at radius 3 is 2.58 bits per heavy atom. The highest BCUT2D eigenvalue weighted by Crippen LogP contribution is 2.30. The normalized spacial score (nSPS) is 21.9. The SMILES string of the molecule is CC(C)CCCCCCNCC1CC(F)(F)C(=O)O1. The van der Waals surface area contributed by atoms with E-state index in [0.29, 0.717) is 6.54 Å². The molecule has 0 aromatic heterocycles. The Morgan fingerprint density at radius 2 is 2.00 bits per heavy atom. The van der Waals surface area contributed by atoms with Crippen LogP contribution in [0.25, 0.3) is 0 Å². The standard InChI is InChI=1S/C14H25F2NO2/c1-11(2)7-5-3-4-6-8-17-10-12-9-14(15,16)13(18)19-12/h11-12,17H,3-10H2,1-2H3. The first-order valence-corrected chi connectivity index (χ1v) is 7.21. The van der Waals surface area contributed by atoms with E-state index in [2.05, 4.69) is 23.9 Å². The average molecular weight is 277 g/mol. The van der Waals surface area contributed by atoms with E-state index in [1.54, 1.807) is 0 Å². The molecule has 1 unspecified atom stereocenters. The number of unbranched alkanes of at least 4 members (excludes halogenated alkanes) is 3. The summed E-state index contributed by atoms with van der Waals surface area (Å²) in [7, 11) is 0. The molecule has 1 N–H and O–H groups in total. The molecule has 0 saturated carbocycles. The molecule has 0 amide bonds. The van der Waals surface area contributed by atoms with Gasteiger partial charge in [-0.2, -0.15) is 8.78 Å². The maximum atomic E-state index is 12.9. The Kier molecular flexibility index (Phi) is 6.69. The molecule has 1 aliphatic heterocycles. The number of esters is 1. The molecule has 0 bridgehead atoms. The molecular weight excluding hydrogens is 252 g/mol. The zero-order valence-corrected chi connectivity index (χ0v) is 11.9. The third-order valence-electron chi connectivity index (χ3n) is 3.31. The second-order valence-electron chi connectivity index (χ2n) is 5.74. The van der Waals surface area contributed by atoms with Crippen molar-refractivity contribution in [3.8, 4) is 0 Å². The third-order valence-corrected chi connectivity index (χ3v) is 3.31. The summed E-state index contributed by atoms with van der Waals surface area (Å²) in [5.41, 5.74) is 0. The fourth-order valence-corrected chi connectivity index (χ4v) is 2.18. The quantitative estimate of drug-likeness (QED) is 0.520. The molecule has 1 saturated heterocycles. The minimum absolute atomic E-state index is 0.327. The number of ether oxygens (including phenoxy) is 1. The van der Waals surface area contributed by atoms with Crippen LogP contribution in [0.1, 0.15) is 52.4 Å². The van der Waals surface area contributed by atoms with Gasteiger partial charge < -0.3 is 10.1 Å². The Bertz CT molecular complexity index is 283. The van der Waals surface area contributed by atoms with Crippen molar-refractivity contribution in [3.05, 3.63) is 0 Å². The second kappa shape index (κ2) is 7.78. The molecule has 0 spiro atoms. The summed E-state index contributed by atoms with van der Waals surface area (Å²) in [6, 6.07) is 0. The molecule has 5 heteroatoms. The van der Waals surface area contributed by atoms with Crippen molar-refractivity contribution in [3.63, 3.8) is 0 Å². The van der Waals surface area contributed by atoms with Gasteiger partial charge in [0, 0.05) is 6.54 Å². The molecule has 0 aromatic carbocycles. The predicted molar refractivity (Wildman–Crippen MR) is 70.2 cm³/mol. The molecule has 19 heavy (non-hydrogen) atoms. The lowest BCUT2D eigenvalue weighted by Gasteiger charge is -2.10. The van der Waals surface area contributed by atoms with Gasteiger partial charge >= 0.3 is 11.9 Å². The van der Waals surface area contributed by atoms with Crippen LogP contribution < -0.4 is 5.32 Å². The van der Waals surface area contributed by atoms with Crippen molar-refractivity contribution in [2.75, 3.05) is 13.1 Å². The van der Waals surface area contributed by atoms with Crippen molar-refractivity contribution < 1.29 is 18.3 Å². The highest BCUT2D eigenvalue weighted by Gasteiger charge is 2.50. The third kappa shape index (κ3) is 6.32. The Balaban J connectivity index is 1.93. The minimum atomic E-state index is -3.29. The van der Waals surface area contributed by atoms with Gasteiger partial charge in [-0.1, -0.05) is 39.5 Å². The molecule has 0 aliphatic carbocycles. The molecule has 1 atom stereocenters. The maximum Gasteiger partial charge on any atom is 0.377 e. The molecule has 0 aromatic rings. The van der Waals surface area contributed by atoms with Gasteiger partial charge in [0.05, 0.1) is 6.42 Å². The van der Waals surface area contributed by atoms with Gasteiger partial charge in [-0.15, -0.1) is 0 Å². The first kappa shape index (κ1) is 16.3. The number of nitrogens with one attached hydrogen (secondary N) is 1. The Labute approximate surface area is 114 Å². The lowest BCUT2D eigenvalue weighted by Crippen LogP contribution is -2.27. The Hall–Kier alpha value is -0.710. The number of halogens is 2.